The summed E-state index contributed by atoms with van der Waals surface area (Å²) in [6, 6.07) is 0. The van der Waals surface area contributed by atoms with E-state index in [1.807, 2.05) is 13.1 Å². The van der Waals surface area contributed by atoms with Crippen molar-refractivity contribution in [3.05, 3.63) is 17.7 Å². The fraction of sp³-hybridized carbons (Fsp3) is 0.786. The van der Waals surface area contributed by atoms with Gasteiger partial charge in [-0.3, -0.25) is 0 Å². The molecular weight excluding hydrogens is 242 g/mol. The van der Waals surface area contributed by atoms with Crippen LogP contribution < -0.4 is 5.32 Å². The van der Waals surface area contributed by atoms with Crippen molar-refractivity contribution in [3.63, 3.8) is 0 Å². The second-order valence-corrected chi connectivity index (χ2v) is 5.58. The highest BCUT2D eigenvalue weighted by Crippen LogP contribution is 2.09. The summed E-state index contributed by atoms with van der Waals surface area (Å²) in [5, 5.41) is 3.34. The molecule has 0 saturated heterocycles. The molecule has 0 aromatic carbocycles. The summed E-state index contributed by atoms with van der Waals surface area (Å²) in [5.41, 5.74) is 1.09. The van der Waals surface area contributed by atoms with Crippen molar-refractivity contribution < 1.29 is 9.47 Å². The van der Waals surface area contributed by atoms with Crippen molar-refractivity contribution in [3.8, 4) is 0 Å². The average molecular weight is 269 g/mol. The summed E-state index contributed by atoms with van der Waals surface area (Å²) in [5.74, 6) is 1.03. The first kappa shape index (κ1) is 16.1. The number of imidazole rings is 1. The first-order valence-corrected chi connectivity index (χ1v) is 6.78. The van der Waals surface area contributed by atoms with Crippen molar-refractivity contribution in [1.29, 1.82) is 0 Å². The molecule has 0 radical (unpaired) electrons. The molecular formula is C14H27N3O2. The molecule has 0 aliphatic carbocycles. The Morgan fingerprint density at radius 3 is 2.68 bits per heavy atom. The van der Waals surface area contributed by atoms with E-state index in [1.165, 1.54) is 5.69 Å². The Morgan fingerprint density at radius 1 is 1.32 bits per heavy atom. The molecule has 0 saturated carbocycles. The number of ether oxygens (including phenoxy) is 2. The van der Waals surface area contributed by atoms with Crippen LogP contribution in [0.4, 0.5) is 0 Å². The summed E-state index contributed by atoms with van der Waals surface area (Å²) in [6.45, 7) is 12.1. The Balaban J connectivity index is 2.45. The molecule has 110 valence electrons. The van der Waals surface area contributed by atoms with Crippen LogP contribution in [0.25, 0.3) is 0 Å². The number of aryl methyl sites for hydroxylation is 1. The summed E-state index contributed by atoms with van der Waals surface area (Å²) < 4.78 is 13.0. The Morgan fingerprint density at radius 2 is 2.05 bits per heavy atom. The lowest BCUT2D eigenvalue weighted by atomic mass is 10.2. The lowest BCUT2D eigenvalue weighted by molar-refractivity contribution is -0.00725. The quantitative estimate of drug-likeness (QED) is 0.730. The van der Waals surface area contributed by atoms with Crippen LogP contribution in [0.15, 0.2) is 6.20 Å². The van der Waals surface area contributed by atoms with E-state index in [0.29, 0.717) is 6.61 Å². The zero-order valence-electron chi connectivity index (χ0n) is 12.8. The van der Waals surface area contributed by atoms with Gasteiger partial charge in [-0.05, 0) is 27.7 Å². The fourth-order valence-electron chi connectivity index (χ4n) is 1.80. The van der Waals surface area contributed by atoms with E-state index < -0.39 is 0 Å². The van der Waals surface area contributed by atoms with E-state index in [9.17, 15) is 0 Å². The van der Waals surface area contributed by atoms with Crippen molar-refractivity contribution in [2.45, 2.75) is 46.4 Å². The predicted molar refractivity (Wildman–Crippen MR) is 76.3 cm³/mol. The normalized spacial score (nSPS) is 12.1. The number of nitrogens with zero attached hydrogens (tertiary/aromatic N) is 2. The van der Waals surface area contributed by atoms with Crippen LogP contribution in [0.2, 0.25) is 0 Å². The highest BCUT2D eigenvalue weighted by molar-refractivity contribution is 5.04. The third kappa shape index (κ3) is 6.18. The lowest BCUT2D eigenvalue weighted by Gasteiger charge is -2.20. The highest BCUT2D eigenvalue weighted by atomic mass is 16.5. The van der Waals surface area contributed by atoms with Crippen molar-refractivity contribution in [2.24, 2.45) is 0 Å². The van der Waals surface area contributed by atoms with Gasteiger partial charge in [0.05, 0.1) is 24.5 Å². The summed E-state index contributed by atoms with van der Waals surface area (Å²) in [4.78, 5) is 4.37. The van der Waals surface area contributed by atoms with Crippen LogP contribution in [-0.2, 0) is 22.6 Å². The van der Waals surface area contributed by atoms with Gasteiger partial charge >= 0.3 is 0 Å². The van der Waals surface area contributed by atoms with E-state index in [1.54, 1.807) is 7.11 Å². The van der Waals surface area contributed by atoms with E-state index in [2.05, 4.69) is 35.6 Å². The largest absolute Gasteiger partial charge is 0.383 e. The number of hydrogen-bond donors (Lipinski definition) is 1. The van der Waals surface area contributed by atoms with Crippen LogP contribution >= 0.6 is 0 Å². The Labute approximate surface area is 116 Å². The number of hydrogen-bond acceptors (Lipinski definition) is 4. The summed E-state index contributed by atoms with van der Waals surface area (Å²) >= 11 is 0. The molecule has 0 fully saturated rings. The van der Waals surface area contributed by atoms with Gasteiger partial charge in [-0.25, -0.2) is 4.98 Å². The van der Waals surface area contributed by atoms with Gasteiger partial charge in [-0.2, -0.15) is 0 Å². The summed E-state index contributed by atoms with van der Waals surface area (Å²) in [6.07, 6.45) is 1.92. The maximum absolute atomic E-state index is 5.77. The van der Waals surface area contributed by atoms with E-state index >= 15 is 0 Å². The van der Waals surface area contributed by atoms with E-state index in [4.69, 9.17) is 9.47 Å². The summed E-state index contributed by atoms with van der Waals surface area (Å²) in [7, 11) is 1.71. The number of aromatic nitrogens is 2. The smallest absolute Gasteiger partial charge is 0.105 e. The van der Waals surface area contributed by atoms with Gasteiger partial charge in [0.1, 0.15) is 5.82 Å². The van der Waals surface area contributed by atoms with Crippen molar-refractivity contribution >= 4 is 0 Å². The molecule has 1 rings (SSSR count). The number of rotatable bonds is 8. The molecule has 0 aliphatic heterocycles. The zero-order chi connectivity index (χ0) is 14.3. The Kier molecular flexibility index (Phi) is 6.48. The topological polar surface area (TPSA) is 48.3 Å². The van der Waals surface area contributed by atoms with Gasteiger partial charge in [-0.1, -0.05) is 0 Å². The van der Waals surface area contributed by atoms with Gasteiger partial charge in [0.15, 0.2) is 0 Å². The third-order valence-electron chi connectivity index (χ3n) is 2.78. The minimum absolute atomic E-state index is 0.0919. The molecule has 0 amide bonds. The SMILES string of the molecule is COCCNCc1cnc(C)n1CCOC(C)(C)C. The van der Waals surface area contributed by atoms with Gasteiger partial charge in [0, 0.05) is 32.9 Å². The molecule has 0 atom stereocenters. The third-order valence-corrected chi connectivity index (χ3v) is 2.78. The minimum Gasteiger partial charge on any atom is -0.383 e. The van der Waals surface area contributed by atoms with Crippen LogP contribution in [-0.4, -0.2) is 42.0 Å². The van der Waals surface area contributed by atoms with Crippen LogP contribution in [0, 0.1) is 6.92 Å². The minimum atomic E-state index is -0.0919. The van der Waals surface area contributed by atoms with Crippen LogP contribution in [0.1, 0.15) is 32.3 Å². The van der Waals surface area contributed by atoms with Crippen molar-refractivity contribution in [2.75, 3.05) is 26.9 Å². The molecule has 19 heavy (non-hydrogen) atoms. The molecule has 5 nitrogen and oxygen atoms in total. The fourth-order valence-corrected chi connectivity index (χ4v) is 1.80. The second-order valence-electron chi connectivity index (χ2n) is 5.58. The van der Waals surface area contributed by atoms with E-state index in [-0.39, 0.29) is 5.60 Å². The molecule has 0 spiro atoms. The lowest BCUT2D eigenvalue weighted by Crippen LogP contribution is -2.24. The second kappa shape index (κ2) is 7.62. The van der Waals surface area contributed by atoms with Gasteiger partial charge in [0.2, 0.25) is 0 Å². The number of methoxy groups -OCH3 is 1. The molecule has 0 aliphatic rings. The van der Waals surface area contributed by atoms with Gasteiger partial charge in [0.25, 0.3) is 0 Å². The Hall–Kier alpha value is -0.910. The zero-order valence-corrected chi connectivity index (χ0v) is 12.8. The molecule has 0 unspecified atom stereocenters. The van der Waals surface area contributed by atoms with Crippen LogP contribution in [0.5, 0.6) is 0 Å². The molecule has 0 bridgehead atoms. The highest BCUT2D eigenvalue weighted by Gasteiger charge is 2.11. The molecule has 1 N–H and O–H groups in total. The first-order chi connectivity index (χ1) is 8.94. The van der Waals surface area contributed by atoms with Crippen LogP contribution in [0.3, 0.4) is 0 Å². The maximum Gasteiger partial charge on any atom is 0.105 e. The molecule has 1 heterocycles. The Bertz CT molecular complexity index is 369. The van der Waals surface area contributed by atoms with Gasteiger partial charge in [-0.15, -0.1) is 0 Å². The van der Waals surface area contributed by atoms with Gasteiger partial charge < -0.3 is 19.4 Å². The molecule has 1 aromatic rings. The standard InChI is InChI=1S/C14H27N3O2/c1-12-16-11-13(10-15-6-8-18-5)17(12)7-9-19-14(2,3)4/h11,15H,6-10H2,1-5H3. The van der Waals surface area contributed by atoms with Crippen molar-refractivity contribution in [1.82, 2.24) is 14.9 Å². The monoisotopic (exact) mass is 269 g/mol. The first-order valence-electron chi connectivity index (χ1n) is 6.78. The number of nitrogens with one attached hydrogen (secondary N) is 1. The maximum atomic E-state index is 5.77. The molecule has 5 heteroatoms. The average Bonchev–Trinajstić information content (AvgIpc) is 2.65. The predicted octanol–water partition coefficient (Wildman–Crippen LogP) is 1.74. The van der Waals surface area contributed by atoms with E-state index in [0.717, 1.165) is 32.1 Å². The molecule has 1 aromatic heterocycles.